The van der Waals surface area contributed by atoms with Gasteiger partial charge in [0.15, 0.2) is 0 Å². The largest absolute Gasteiger partial charge is 0.354 e. The lowest BCUT2D eigenvalue weighted by molar-refractivity contribution is 0.590. The van der Waals surface area contributed by atoms with Crippen LogP contribution in [0.3, 0.4) is 0 Å². The number of aromatic nitrogens is 1. The van der Waals surface area contributed by atoms with Crippen LogP contribution in [-0.2, 0) is 5.41 Å². The van der Waals surface area contributed by atoms with Crippen LogP contribution >= 0.6 is 0 Å². The zero-order valence-electron chi connectivity index (χ0n) is 17.0. The minimum Gasteiger partial charge on any atom is -0.354 e. The Morgan fingerprint density at radius 3 is 2.52 bits per heavy atom. The third-order valence-electron chi connectivity index (χ3n) is 5.60. The highest BCUT2D eigenvalue weighted by molar-refractivity contribution is 6.34. The van der Waals surface area contributed by atoms with Crippen LogP contribution < -0.4 is 10.1 Å². The molecular weight excluding hydrogens is 351 g/mol. The van der Waals surface area contributed by atoms with Crippen molar-refractivity contribution in [3.8, 4) is 0 Å². The van der Waals surface area contributed by atoms with Gasteiger partial charge in [0.2, 0.25) is 0 Å². The van der Waals surface area contributed by atoms with E-state index < -0.39 is 0 Å². The van der Waals surface area contributed by atoms with Crippen LogP contribution in [0, 0.1) is 0 Å². The Morgan fingerprint density at radius 1 is 0.897 bits per heavy atom. The molecule has 0 unspecified atom stereocenters. The molecule has 0 fully saturated rings. The summed E-state index contributed by atoms with van der Waals surface area (Å²) in [7, 11) is 6.20. The zero-order valence-corrected chi connectivity index (χ0v) is 17.0. The van der Waals surface area contributed by atoms with Crippen molar-refractivity contribution < 1.29 is 0 Å². The lowest BCUT2D eigenvalue weighted by atomic mass is 9.81. The quantitative estimate of drug-likeness (QED) is 0.398. The lowest BCUT2D eigenvalue weighted by Crippen LogP contribution is -2.17. The first-order valence-corrected chi connectivity index (χ1v) is 9.94. The Bertz CT molecular complexity index is 1370. The van der Waals surface area contributed by atoms with Crippen molar-refractivity contribution in [1.82, 2.24) is 9.65 Å². The molecule has 1 aliphatic rings. The van der Waals surface area contributed by atoms with Crippen LogP contribution in [0.25, 0.3) is 27.4 Å². The van der Waals surface area contributed by atoms with E-state index in [1.807, 2.05) is 12.3 Å². The van der Waals surface area contributed by atoms with Crippen molar-refractivity contribution in [2.75, 3.05) is 0 Å². The molecule has 0 amide bonds. The minimum absolute atomic E-state index is 0.0372. The summed E-state index contributed by atoms with van der Waals surface area (Å²) in [5.41, 5.74) is 8.61. The van der Waals surface area contributed by atoms with Gasteiger partial charge in [-0.1, -0.05) is 79.4 Å². The van der Waals surface area contributed by atoms with E-state index >= 15 is 0 Å². The van der Waals surface area contributed by atoms with Crippen molar-refractivity contribution in [2.24, 2.45) is 0 Å². The Balaban J connectivity index is 1.61. The number of fused-ring (bicyclic) bond motifs is 3. The van der Waals surface area contributed by atoms with E-state index in [0.717, 1.165) is 38.9 Å². The molecule has 2 radical (unpaired) electrons. The predicted octanol–water partition coefficient (Wildman–Crippen LogP) is 4.44. The molecule has 1 aromatic heterocycles. The number of H-pyrrole nitrogens is 1. The molecule has 5 rings (SSSR count). The van der Waals surface area contributed by atoms with Crippen molar-refractivity contribution in [1.29, 1.82) is 0 Å². The number of nitrogens with one attached hydrogen (secondary N) is 1. The average Bonchev–Trinajstić information content (AvgIpc) is 3.32. The Kier molecular flexibility index (Phi) is 3.91. The van der Waals surface area contributed by atoms with Crippen molar-refractivity contribution >= 4 is 52.6 Å². The number of benzene rings is 3. The van der Waals surface area contributed by atoms with E-state index in [-0.39, 0.29) is 5.41 Å². The van der Waals surface area contributed by atoms with Gasteiger partial charge in [-0.05, 0) is 23.1 Å². The molecule has 0 spiro atoms. The maximum atomic E-state index is 6.20. The number of hydrogen-bond acceptors (Lipinski definition) is 0. The summed E-state index contributed by atoms with van der Waals surface area (Å²) < 4.78 is 4.72. The number of aromatic amines is 1. The van der Waals surface area contributed by atoms with Gasteiger partial charge in [-0.3, -0.25) is 0 Å². The van der Waals surface area contributed by atoms with Crippen molar-refractivity contribution in [3.63, 3.8) is 0 Å². The summed E-state index contributed by atoms with van der Waals surface area (Å²) in [6, 6.07) is 21.1. The predicted molar refractivity (Wildman–Crippen MR) is 127 cm³/mol. The molecule has 138 valence electrons. The highest BCUT2D eigenvalue weighted by atomic mass is 14.7. The van der Waals surface area contributed by atoms with Gasteiger partial charge in [0, 0.05) is 27.9 Å². The summed E-state index contributed by atoms with van der Waals surface area (Å²) in [6.45, 7) is 6.60. The minimum atomic E-state index is 0.0372. The molecule has 1 aliphatic heterocycles. The number of allylic oxidation sites excluding steroid dienone is 2. The highest BCUT2D eigenvalue weighted by Crippen LogP contribution is 2.31. The topological polar surface area (TPSA) is 29.9 Å². The zero-order chi connectivity index (χ0) is 20.2. The van der Waals surface area contributed by atoms with Crippen molar-refractivity contribution in [3.05, 3.63) is 83.4 Å². The van der Waals surface area contributed by atoms with Crippen LogP contribution in [0.15, 0.2) is 66.7 Å². The first kappa shape index (κ1) is 17.8. The SMILES string of the molecule is [B]c1cc(C2=[N+]=CC(c3cccc4c3[nH]c3ccccc34)=C2)cc(C(C)(C)C)c1. The fourth-order valence-electron chi connectivity index (χ4n) is 4.01. The van der Waals surface area contributed by atoms with E-state index in [9.17, 15) is 0 Å². The second-order valence-corrected chi connectivity index (χ2v) is 8.74. The second kappa shape index (κ2) is 6.37. The van der Waals surface area contributed by atoms with Crippen molar-refractivity contribution in [2.45, 2.75) is 26.2 Å². The van der Waals surface area contributed by atoms with Crippen LogP contribution in [0.2, 0.25) is 0 Å². The summed E-state index contributed by atoms with van der Waals surface area (Å²) in [4.78, 5) is 3.58. The fraction of sp³-hybridized carbons (Fsp3) is 0.154. The van der Waals surface area contributed by atoms with Gasteiger partial charge in [0.25, 0.3) is 0 Å². The lowest BCUT2D eigenvalue weighted by Gasteiger charge is -2.20. The summed E-state index contributed by atoms with van der Waals surface area (Å²) in [5.74, 6) is 0. The molecule has 1 N–H and O–H groups in total. The Morgan fingerprint density at radius 2 is 1.69 bits per heavy atom. The van der Waals surface area contributed by atoms with Gasteiger partial charge >= 0.3 is 11.9 Å². The van der Waals surface area contributed by atoms with E-state index in [1.165, 1.54) is 16.3 Å². The second-order valence-electron chi connectivity index (χ2n) is 8.74. The molecule has 0 saturated heterocycles. The van der Waals surface area contributed by atoms with E-state index in [0.29, 0.717) is 0 Å². The number of nitrogens with zero attached hydrogens (tertiary/aromatic N) is 1. The molecule has 4 aromatic rings. The van der Waals surface area contributed by atoms with E-state index in [4.69, 9.17) is 12.5 Å². The highest BCUT2D eigenvalue weighted by Gasteiger charge is 2.24. The number of para-hydroxylation sites is 2. The summed E-state index contributed by atoms with van der Waals surface area (Å²) in [6.07, 6.45) is 4.11. The summed E-state index contributed by atoms with van der Waals surface area (Å²) >= 11 is 0. The van der Waals surface area contributed by atoms with E-state index in [2.05, 4.69) is 86.4 Å². The molecule has 0 bridgehead atoms. The van der Waals surface area contributed by atoms with Crippen LogP contribution in [0.4, 0.5) is 0 Å². The molecule has 3 aromatic carbocycles. The van der Waals surface area contributed by atoms with E-state index in [1.54, 1.807) is 0 Å². The normalized spacial score (nSPS) is 13.9. The van der Waals surface area contributed by atoms with Gasteiger partial charge in [-0.25, -0.2) is 0 Å². The Labute approximate surface area is 172 Å². The number of hydrogen-bond donors (Lipinski definition) is 1. The third kappa shape index (κ3) is 3.04. The van der Waals surface area contributed by atoms with Crippen LogP contribution in [0.5, 0.6) is 0 Å². The monoisotopic (exact) mass is 373 g/mol. The van der Waals surface area contributed by atoms with Crippen LogP contribution in [-0.4, -0.2) is 24.8 Å². The average molecular weight is 373 g/mol. The first-order chi connectivity index (χ1) is 13.9. The Hall–Kier alpha value is -3.29. The molecule has 29 heavy (non-hydrogen) atoms. The van der Waals surface area contributed by atoms with Gasteiger partial charge in [0.05, 0.1) is 16.7 Å². The maximum absolute atomic E-state index is 6.20. The van der Waals surface area contributed by atoms with Gasteiger partial charge in [-0.2, -0.15) is 0 Å². The molecule has 3 heteroatoms. The van der Waals surface area contributed by atoms with Crippen LogP contribution in [0.1, 0.15) is 37.5 Å². The molecule has 2 nitrogen and oxygen atoms in total. The number of rotatable bonds is 2. The molecule has 2 heterocycles. The smallest absolute Gasteiger partial charge is 0.335 e. The third-order valence-corrected chi connectivity index (χ3v) is 5.60. The summed E-state index contributed by atoms with van der Waals surface area (Å²) in [5, 5.41) is 2.48. The standard InChI is InChI=1S/C26H21BN2/c1-26(2,3)18-11-16(12-19(27)14-18)24-13-17(15-28-24)20-8-6-9-22-21-7-4-5-10-23(21)29-25(20)22/h4-15H,1-3H3/p+1. The maximum Gasteiger partial charge on any atom is 0.335 e. The van der Waals surface area contributed by atoms with Gasteiger partial charge < -0.3 is 4.98 Å². The fourth-order valence-corrected chi connectivity index (χ4v) is 4.01. The molecule has 0 saturated carbocycles. The molecular formula is C26H22BN2+. The molecule has 0 aliphatic carbocycles. The molecule has 0 atom stereocenters. The van der Waals surface area contributed by atoms with Gasteiger partial charge in [-0.15, -0.1) is 0 Å². The first-order valence-electron chi connectivity index (χ1n) is 9.94. The van der Waals surface area contributed by atoms with Gasteiger partial charge in [0.1, 0.15) is 7.85 Å².